The Hall–Kier alpha value is -1.57. The van der Waals surface area contributed by atoms with Crippen LogP contribution in [0.5, 0.6) is 0 Å². The zero-order valence-electron chi connectivity index (χ0n) is 9.12. The normalized spacial score (nSPS) is 11.4. The van der Waals surface area contributed by atoms with Gasteiger partial charge in [-0.1, -0.05) is 11.6 Å². The van der Waals surface area contributed by atoms with Gasteiger partial charge in [-0.3, -0.25) is 0 Å². The lowest BCUT2D eigenvalue weighted by Gasteiger charge is -2.05. The second kappa shape index (κ2) is 5.38. The largest absolute Gasteiger partial charge is 0.243 e. The van der Waals surface area contributed by atoms with E-state index >= 15 is 0 Å². The molecule has 2 rings (SSSR count). The van der Waals surface area contributed by atoms with Gasteiger partial charge in [0.1, 0.15) is 10.0 Å². The van der Waals surface area contributed by atoms with Crippen LogP contribution in [0.2, 0.25) is 5.15 Å². The average Bonchev–Trinajstić information content (AvgIpc) is 2.38. The zero-order valence-corrected chi connectivity index (χ0v) is 10.7. The van der Waals surface area contributed by atoms with Crippen LogP contribution in [0.1, 0.15) is 5.69 Å². The van der Waals surface area contributed by atoms with Crippen LogP contribution >= 0.6 is 11.6 Å². The maximum Gasteiger partial charge on any atom is 0.242 e. The van der Waals surface area contributed by atoms with Crippen molar-refractivity contribution in [3.63, 3.8) is 0 Å². The third-order valence-corrected chi connectivity index (χ3v) is 3.69. The first-order valence-electron chi connectivity index (χ1n) is 4.96. The Labute approximate surface area is 109 Å². The summed E-state index contributed by atoms with van der Waals surface area (Å²) in [6.07, 6.45) is 2.71. The smallest absolute Gasteiger partial charge is 0.242 e. The predicted molar refractivity (Wildman–Crippen MR) is 65.3 cm³/mol. The quantitative estimate of drug-likeness (QED) is 0.847. The van der Waals surface area contributed by atoms with Gasteiger partial charge in [-0.05, 0) is 24.3 Å². The number of halogens is 1. The third kappa shape index (κ3) is 3.22. The fraction of sp³-hybridized carbons (Fsp3) is 0.100. The van der Waals surface area contributed by atoms with E-state index in [9.17, 15) is 8.42 Å². The van der Waals surface area contributed by atoms with Crippen molar-refractivity contribution in [3.05, 3.63) is 47.5 Å². The summed E-state index contributed by atoms with van der Waals surface area (Å²) in [4.78, 5) is 3.77. The van der Waals surface area contributed by atoms with Crippen LogP contribution in [0, 0.1) is 0 Å². The molecule has 0 aliphatic heterocycles. The van der Waals surface area contributed by atoms with Crippen LogP contribution in [-0.2, 0) is 16.6 Å². The Kier molecular flexibility index (Phi) is 3.85. The topological polar surface area (TPSA) is 84.8 Å². The zero-order chi connectivity index (χ0) is 13.0. The van der Waals surface area contributed by atoms with Crippen LogP contribution in [0.25, 0.3) is 0 Å². The maximum absolute atomic E-state index is 11.9. The summed E-state index contributed by atoms with van der Waals surface area (Å²) >= 11 is 5.59. The van der Waals surface area contributed by atoms with Crippen LogP contribution in [0.3, 0.4) is 0 Å². The molecule has 0 fully saturated rings. The van der Waals surface area contributed by atoms with Gasteiger partial charge in [0.25, 0.3) is 0 Å². The molecule has 0 bridgehead atoms. The second-order valence-electron chi connectivity index (χ2n) is 3.36. The molecule has 6 nitrogen and oxygen atoms in total. The van der Waals surface area contributed by atoms with Crippen molar-refractivity contribution in [2.24, 2.45) is 0 Å². The minimum absolute atomic E-state index is 0.0517. The first kappa shape index (κ1) is 12.9. The van der Waals surface area contributed by atoms with Crippen LogP contribution in [-0.4, -0.2) is 23.6 Å². The van der Waals surface area contributed by atoms with Gasteiger partial charge in [0.15, 0.2) is 0 Å². The molecule has 0 aromatic carbocycles. The molecule has 2 heterocycles. The molecular weight excluding hydrogens is 276 g/mol. The number of hydrogen-bond acceptors (Lipinski definition) is 5. The van der Waals surface area contributed by atoms with Crippen LogP contribution in [0.15, 0.2) is 41.6 Å². The van der Waals surface area contributed by atoms with E-state index in [0.717, 1.165) is 0 Å². The average molecular weight is 285 g/mol. The van der Waals surface area contributed by atoms with E-state index in [1.807, 2.05) is 0 Å². The molecule has 1 N–H and O–H groups in total. The predicted octanol–water partition coefficient (Wildman–Crippen LogP) is 1.00. The van der Waals surface area contributed by atoms with Gasteiger partial charge in [-0.15, -0.1) is 0 Å². The number of nitrogens with zero attached hydrogens (tertiary/aromatic N) is 3. The van der Waals surface area contributed by atoms with Crippen molar-refractivity contribution < 1.29 is 8.42 Å². The molecule has 0 radical (unpaired) electrons. The number of pyridine rings is 1. The first-order valence-corrected chi connectivity index (χ1v) is 6.82. The van der Waals surface area contributed by atoms with Crippen molar-refractivity contribution in [1.29, 1.82) is 0 Å². The Morgan fingerprint density at radius 3 is 2.72 bits per heavy atom. The monoisotopic (exact) mass is 284 g/mol. The summed E-state index contributed by atoms with van der Waals surface area (Å²) in [5.41, 5.74) is 0.531. The molecular formula is C10H9ClN4O2S. The minimum Gasteiger partial charge on any atom is -0.243 e. The van der Waals surface area contributed by atoms with Crippen LogP contribution < -0.4 is 4.72 Å². The van der Waals surface area contributed by atoms with Crippen molar-refractivity contribution in [2.45, 2.75) is 11.4 Å². The van der Waals surface area contributed by atoms with Crippen molar-refractivity contribution >= 4 is 21.6 Å². The lowest BCUT2D eigenvalue weighted by molar-refractivity contribution is 0.579. The highest BCUT2D eigenvalue weighted by molar-refractivity contribution is 7.89. The Morgan fingerprint density at radius 2 is 2.11 bits per heavy atom. The second-order valence-corrected chi connectivity index (χ2v) is 5.51. The van der Waals surface area contributed by atoms with E-state index in [1.54, 1.807) is 12.1 Å². The molecule has 0 amide bonds. The van der Waals surface area contributed by atoms with Gasteiger partial charge in [-0.25, -0.2) is 18.1 Å². The summed E-state index contributed by atoms with van der Waals surface area (Å²) < 4.78 is 26.1. The lowest BCUT2D eigenvalue weighted by atomic mass is 10.4. The molecule has 94 valence electrons. The molecule has 8 heteroatoms. The summed E-state index contributed by atoms with van der Waals surface area (Å²) in [6.45, 7) is 0.0683. The fourth-order valence-electron chi connectivity index (χ4n) is 1.20. The summed E-state index contributed by atoms with van der Waals surface area (Å²) in [5.74, 6) is 0. The van der Waals surface area contributed by atoms with Crippen LogP contribution in [0.4, 0.5) is 0 Å². The molecule has 0 aliphatic carbocycles. The van der Waals surface area contributed by atoms with E-state index in [4.69, 9.17) is 11.6 Å². The van der Waals surface area contributed by atoms with E-state index in [2.05, 4.69) is 19.9 Å². The minimum atomic E-state index is -3.61. The van der Waals surface area contributed by atoms with E-state index in [-0.39, 0.29) is 16.6 Å². The molecule has 2 aromatic heterocycles. The Balaban J connectivity index is 2.11. The van der Waals surface area contributed by atoms with E-state index < -0.39 is 10.0 Å². The molecule has 0 atom stereocenters. The highest BCUT2D eigenvalue weighted by Crippen LogP contribution is 2.10. The van der Waals surface area contributed by atoms with Gasteiger partial charge in [-0.2, -0.15) is 10.2 Å². The fourth-order valence-corrected chi connectivity index (χ4v) is 2.26. The third-order valence-electron chi connectivity index (χ3n) is 2.08. The number of rotatable bonds is 4. The lowest BCUT2D eigenvalue weighted by Crippen LogP contribution is -2.23. The molecule has 18 heavy (non-hydrogen) atoms. The highest BCUT2D eigenvalue weighted by atomic mass is 35.5. The van der Waals surface area contributed by atoms with E-state index in [1.165, 1.54) is 24.5 Å². The molecule has 2 aromatic rings. The van der Waals surface area contributed by atoms with Gasteiger partial charge >= 0.3 is 0 Å². The van der Waals surface area contributed by atoms with Gasteiger partial charge in [0.2, 0.25) is 10.0 Å². The van der Waals surface area contributed by atoms with E-state index in [0.29, 0.717) is 5.69 Å². The number of aromatic nitrogens is 3. The summed E-state index contributed by atoms with van der Waals surface area (Å²) in [5, 5.41) is 7.67. The summed E-state index contributed by atoms with van der Waals surface area (Å²) in [6, 6.07) is 6.16. The summed E-state index contributed by atoms with van der Waals surface area (Å²) in [7, 11) is -3.61. The van der Waals surface area contributed by atoms with Gasteiger partial charge in [0.05, 0.1) is 12.2 Å². The standard InChI is InChI=1S/C10H9ClN4O2S/c11-10-4-3-9(7-12-10)18(16,17)14-6-8-2-1-5-13-15-8/h1-5,7,14H,6H2. The molecule has 0 saturated carbocycles. The Morgan fingerprint density at radius 1 is 1.28 bits per heavy atom. The SMILES string of the molecule is O=S(=O)(NCc1cccnn1)c1ccc(Cl)nc1. The van der Waals surface area contributed by atoms with Crippen molar-refractivity contribution in [3.8, 4) is 0 Å². The van der Waals surface area contributed by atoms with Crippen molar-refractivity contribution in [2.75, 3.05) is 0 Å². The first-order chi connectivity index (χ1) is 8.58. The van der Waals surface area contributed by atoms with Crippen molar-refractivity contribution in [1.82, 2.24) is 19.9 Å². The molecule has 0 saturated heterocycles. The van der Waals surface area contributed by atoms with Gasteiger partial charge in [0, 0.05) is 12.4 Å². The Bertz CT molecular complexity index is 616. The molecule has 0 aliphatic rings. The highest BCUT2D eigenvalue weighted by Gasteiger charge is 2.14. The number of sulfonamides is 1. The maximum atomic E-state index is 11.9. The molecule has 0 spiro atoms. The number of nitrogens with one attached hydrogen (secondary N) is 1. The molecule has 0 unspecified atom stereocenters. The number of hydrogen-bond donors (Lipinski definition) is 1. The van der Waals surface area contributed by atoms with Gasteiger partial charge < -0.3 is 0 Å².